The molecule has 30 heavy (non-hydrogen) atoms. The molecule has 0 aromatic heterocycles. The maximum atomic E-state index is 12.9. The van der Waals surface area contributed by atoms with Gasteiger partial charge in [-0.05, 0) is 47.2 Å². The molecule has 2 rings (SSSR count). The molecule has 0 unspecified atom stereocenters. The zero-order valence-electron chi connectivity index (χ0n) is 14.5. The highest BCUT2D eigenvalue weighted by molar-refractivity contribution is 6.68. The van der Waals surface area contributed by atoms with E-state index in [4.69, 9.17) is 44.6 Å². The summed E-state index contributed by atoms with van der Waals surface area (Å²) in [5.74, 6) is -2.21. The lowest BCUT2D eigenvalue weighted by Gasteiger charge is -2.25. The first-order valence-electron chi connectivity index (χ1n) is 7.59. The zero-order valence-corrected chi connectivity index (χ0v) is 15.2. The quantitative estimate of drug-likeness (QED) is 0.380. The molecule has 0 fully saturated rings. The third kappa shape index (κ3) is 6.82. The van der Waals surface area contributed by atoms with Crippen LogP contribution in [0.15, 0.2) is 36.4 Å². The van der Waals surface area contributed by atoms with Gasteiger partial charge < -0.3 is 14.2 Å². The molecule has 0 bridgehead atoms. The molecule has 152 valence electrons. The molecule has 2 aromatic carbocycles. The number of carbonyl (C=O) groups is 1. The normalized spacial score (nSPS) is 12.4. The maximum absolute atomic E-state index is 12.9. The summed E-state index contributed by atoms with van der Waals surface area (Å²) in [4.78, 5) is 11.5. The van der Waals surface area contributed by atoms with Crippen molar-refractivity contribution in [1.29, 1.82) is 0 Å². The van der Waals surface area contributed by atoms with Gasteiger partial charge >= 0.3 is 12.5 Å². The standard InChI is InChI=1S/C16H6B3ClF6O4/c17-15(18,19)30-12-6-8(29-16(24,25)26)2-4-11(12)28-10-3-1-7(14(21,22)23)5-9(10)13(20)27/h1-6H. The zero-order chi connectivity index (χ0) is 22.9. The van der Waals surface area contributed by atoms with E-state index < -0.39 is 57.2 Å². The summed E-state index contributed by atoms with van der Waals surface area (Å²) in [5.41, 5.74) is -1.86. The van der Waals surface area contributed by atoms with Crippen LogP contribution in [0.2, 0.25) is 0 Å². The van der Waals surface area contributed by atoms with Crippen LogP contribution in [-0.4, -0.2) is 40.4 Å². The SMILES string of the molecule is [B]C([B])([B])Oc1cc(OC(F)(F)F)ccc1Oc1ccc(C(F)(F)F)cc1C(=O)Cl. The molecule has 2 aromatic rings. The molecule has 0 heterocycles. The van der Waals surface area contributed by atoms with Crippen LogP contribution >= 0.6 is 11.6 Å². The summed E-state index contributed by atoms with van der Waals surface area (Å²) in [6.07, 6.45) is -9.82. The monoisotopic (exact) mass is 444 g/mol. The van der Waals surface area contributed by atoms with Crippen LogP contribution in [0, 0.1) is 0 Å². The van der Waals surface area contributed by atoms with Crippen molar-refractivity contribution in [2.45, 2.75) is 17.8 Å². The van der Waals surface area contributed by atoms with Crippen molar-refractivity contribution in [3.63, 3.8) is 0 Å². The fourth-order valence-electron chi connectivity index (χ4n) is 2.11. The van der Waals surface area contributed by atoms with Crippen LogP contribution < -0.4 is 14.2 Å². The van der Waals surface area contributed by atoms with Crippen LogP contribution in [0.25, 0.3) is 0 Å². The summed E-state index contributed by atoms with van der Waals surface area (Å²) in [5, 5.41) is -3.67. The minimum atomic E-state index is -5.05. The van der Waals surface area contributed by atoms with Crippen LogP contribution in [0.3, 0.4) is 0 Å². The summed E-state index contributed by atoms with van der Waals surface area (Å²) in [6, 6.07) is 4.17. The fraction of sp³-hybridized carbons (Fsp3) is 0.188. The Bertz CT molecular complexity index is 944. The van der Waals surface area contributed by atoms with E-state index in [2.05, 4.69) is 4.74 Å². The Labute approximate surface area is 174 Å². The number of carbonyl (C=O) groups excluding carboxylic acids is 1. The molecule has 0 aliphatic rings. The van der Waals surface area contributed by atoms with Gasteiger partial charge in [0, 0.05) is 6.07 Å². The maximum Gasteiger partial charge on any atom is 0.573 e. The second-order valence-corrected chi connectivity index (χ2v) is 6.04. The number of alkyl halides is 6. The number of rotatable bonds is 6. The van der Waals surface area contributed by atoms with Crippen molar-refractivity contribution in [3.8, 4) is 23.0 Å². The topological polar surface area (TPSA) is 44.8 Å². The van der Waals surface area contributed by atoms with E-state index in [1.807, 2.05) is 0 Å². The van der Waals surface area contributed by atoms with E-state index in [0.29, 0.717) is 18.2 Å². The number of benzene rings is 2. The van der Waals surface area contributed by atoms with E-state index in [9.17, 15) is 31.1 Å². The van der Waals surface area contributed by atoms with E-state index >= 15 is 0 Å². The Morgan fingerprint density at radius 2 is 1.43 bits per heavy atom. The molecule has 14 heteroatoms. The molecule has 0 N–H and O–H groups in total. The number of hydrogen-bond donors (Lipinski definition) is 0. The average Bonchev–Trinajstić information content (AvgIpc) is 2.53. The van der Waals surface area contributed by atoms with Gasteiger partial charge in [-0.15, -0.1) is 13.2 Å². The molecule has 6 radical (unpaired) electrons. The minimum Gasteiger partial charge on any atom is -0.512 e. The molecule has 0 spiro atoms. The summed E-state index contributed by atoms with van der Waals surface area (Å²) in [6.45, 7) is 0. The first-order chi connectivity index (χ1) is 13.5. The van der Waals surface area contributed by atoms with Crippen molar-refractivity contribution in [1.82, 2.24) is 0 Å². The Balaban J connectivity index is 2.49. The molecular formula is C16H6B3ClF6O4. The average molecular weight is 444 g/mol. The van der Waals surface area contributed by atoms with Crippen LogP contribution in [0.1, 0.15) is 15.9 Å². The molecule has 0 aliphatic carbocycles. The highest BCUT2D eigenvalue weighted by Gasteiger charge is 2.33. The third-order valence-corrected chi connectivity index (χ3v) is 3.38. The van der Waals surface area contributed by atoms with E-state index in [1.165, 1.54) is 0 Å². The lowest BCUT2D eigenvalue weighted by Crippen LogP contribution is -2.37. The summed E-state index contributed by atoms with van der Waals surface area (Å²) >= 11 is 5.32. The Kier molecular flexibility index (Phi) is 6.65. The van der Waals surface area contributed by atoms with Gasteiger partial charge in [-0.25, -0.2) is 0 Å². The minimum absolute atomic E-state index is 0.408. The molecule has 0 amide bonds. The van der Waals surface area contributed by atoms with Gasteiger partial charge in [-0.1, -0.05) is 0 Å². The highest BCUT2D eigenvalue weighted by atomic mass is 35.5. The smallest absolute Gasteiger partial charge is 0.512 e. The first-order valence-corrected chi connectivity index (χ1v) is 7.97. The van der Waals surface area contributed by atoms with Crippen molar-refractivity contribution < 1.29 is 45.3 Å². The third-order valence-electron chi connectivity index (χ3n) is 3.17. The van der Waals surface area contributed by atoms with E-state index in [0.717, 1.165) is 18.2 Å². The van der Waals surface area contributed by atoms with Crippen LogP contribution in [0.4, 0.5) is 26.3 Å². The largest absolute Gasteiger partial charge is 0.573 e. The van der Waals surface area contributed by atoms with Crippen molar-refractivity contribution in [3.05, 3.63) is 47.5 Å². The molecule has 0 saturated carbocycles. The molecule has 0 saturated heterocycles. The highest BCUT2D eigenvalue weighted by Crippen LogP contribution is 2.40. The lowest BCUT2D eigenvalue weighted by atomic mass is 9.52. The van der Waals surface area contributed by atoms with Gasteiger partial charge in [0.05, 0.1) is 11.1 Å². The predicted molar refractivity (Wildman–Crippen MR) is 95.4 cm³/mol. The van der Waals surface area contributed by atoms with Crippen molar-refractivity contribution in [2.24, 2.45) is 0 Å². The van der Waals surface area contributed by atoms with Gasteiger partial charge in [-0.3, -0.25) is 4.79 Å². The van der Waals surface area contributed by atoms with Gasteiger partial charge in [0.15, 0.2) is 11.5 Å². The molecule has 4 nitrogen and oxygen atoms in total. The summed E-state index contributed by atoms with van der Waals surface area (Å²) < 4.78 is 89.8. The predicted octanol–water partition coefficient (Wildman–Crippen LogP) is 4.27. The Morgan fingerprint density at radius 1 is 0.833 bits per heavy atom. The van der Waals surface area contributed by atoms with Crippen LogP contribution in [0.5, 0.6) is 23.0 Å². The lowest BCUT2D eigenvalue weighted by molar-refractivity contribution is -0.274. The number of ether oxygens (including phenoxy) is 3. The summed E-state index contributed by atoms with van der Waals surface area (Å²) in [7, 11) is 15.8. The van der Waals surface area contributed by atoms with Crippen molar-refractivity contribution in [2.75, 3.05) is 0 Å². The second kappa shape index (κ2) is 8.37. The fourth-order valence-corrected chi connectivity index (χ4v) is 2.26. The Hall–Kier alpha value is -2.43. The van der Waals surface area contributed by atoms with E-state index in [-0.39, 0.29) is 0 Å². The van der Waals surface area contributed by atoms with Crippen LogP contribution in [-0.2, 0) is 6.18 Å². The van der Waals surface area contributed by atoms with Gasteiger partial charge in [0.25, 0.3) is 5.24 Å². The van der Waals surface area contributed by atoms with Crippen molar-refractivity contribution >= 4 is 40.4 Å². The number of hydrogen-bond acceptors (Lipinski definition) is 4. The first kappa shape index (κ1) is 23.8. The molecule has 0 aliphatic heterocycles. The second-order valence-electron chi connectivity index (χ2n) is 5.70. The van der Waals surface area contributed by atoms with Gasteiger partial charge in [0.2, 0.25) is 0 Å². The Morgan fingerprint density at radius 3 is 1.93 bits per heavy atom. The van der Waals surface area contributed by atoms with Gasteiger partial charge in [0.1, 0.15) is 35.0 Å². The van der Waals surface area contributed by atoms with Gasteiger partial charge in [-0.2, -0.15) is 13.2 Å². The molecular weight excluding hydrogens is 438 g/mol. The van der Waals surface area contributed by atoms with E-state index in [1.54, 1.807) is 0 Å². The number of halogens is 7. The molecule has 0 atom stereocenters.